The van der Waals surface area contributed by atoms with Crippen LogP contribution in [0.1, 0.15) is 58.4 Å². The van der Waals surface area contributed by atoms with Crippen molar-refractivity contribution in [1.29, 1.82) is 0 Å². The zero-order valence-electron chi connectivity index (χ0n) is 23.3. The van der Waals surface area contributed by atoms with E-state index in [0.717, 1.165) is 35.1 Å². The Morgan fingerprint density at radius 3 is 2.22 bits per heavy atom. The number of rotatable bonds is 9. The predicted molar refractivity (Wildman–Crippen MR) is 159 cm³/mol. The molecule has 1 aliphatic heterocycles. The Hall–Kier alpha value is -1.47. The van der Waals surface area contributed by atoms with Crippen LogP contribution in [0.5, 0.6) is 0 Å². The summed E-state index contributed by atoms with van der Waals surface area (Å²) in [4.78, 5) is 2.75. The molecular weight excluding hydrogens is 471 g/mol. The Balaban J connectivity index is 1.61. The van der Waals surface area contributed by atoms with Crippen molar-refractivity contribution in [2.75, 3.05) is 13.2 Å². The second-order valence-electron chi connectivity index (χ2n) is 12.5. The van der Waals surface area contributed by atoms with Gasteiger partial charge in [0.2, 0.25) is 0 Å². The molecule has 0 spiro atoms. The molecule has 2 radical (unpaired) electrons. The average molecular weight is 518 g/mol. The Labute approximate surface area is 224 Å². The van der Waals surface area contributed by atoms with E-state index in [-0.39, 0.29) is 5.04 Å². The van der Waals surface area contributed by atoms with E-state index in [1.807, 2.05) is 0 Å². The van der Waals surface area contributed by atoms with Crippen molar-refractivity contribution in [2.24, 2.45) is 11.8 Å². The van der Waals surface area contributed by atoms with Crippen molar-refractivity contribution in [3.8, 4) is 0 Å². The summed E-state index contributed by atoms with van der Waals surface area (Å²) in [5.41, 5.74) is 3.11. The van der Waals surface area contributed by atoms with E-state index >= 15 is 0 Å². The minimum atomic E-state index is -1.82. The predicted octanol–water partition coefficient (Wildman–Crippen LogP) is 7.46. The molecule has 2 atom stereocenters. The third-order valence-electron chi connectivity index (χ3n) is 8.84. The summed E-state index contributed by atoms with van der Waals surface area (Å²) in [6.07, 6.45) is 9.69. The first-order chi connectivity index (χ1) is 17.2. The maximum absolute atomic E-state index is 6.94. The highest BCUT2D eigenvalue weighted by atomic mass is 28.4. The van der Waals surface area contributed by atoms with Gasteiger partial charge in [0, 0.05) is 19.1 Å². The standard InChI is InChI=1S/C32H47NOSi2/c1-32(2,3)36(4,5)34-24-31-30(25-35-29-19-13-8-14-20-29)28(21-26-15-9-6-10-16-26)23-33(31)22-27-17-11-7-12-18-27/h7-8,11-14,17-21,26,30-31H,6,9-10,15-16,22-25H2,1-5H3/b28-21+/t30-,31+/m1/s1. The lowest BCUT2D eigenvalue weighted by molar-refractivity contribution is 0.138. The van der Waals surface area contributed by atoms with Gasteiger partial charge in [-0.15, -0.1) is 0 Å². The lowest BCUT2D eigenvalue weighted by Crippen LogP contribution is -2.46. The van der Waals surface area contributed by atoms with Crippen molar-refractivity contribution in [1.82, 2.24) is 4.90 Å². The largest absolute Gasteiger partial charge is 0.415 e. The molecule has 0 N–H and O–H groups in total. The molecule has 0 amide bonds. The third-order valence-corrected chi connectivity index (χ3v) is 14.7. The van der Waals surface area contributed by atoms with Crippen LogP contribution in [0.4, 0.5) is 0 Å². The Kier molecular flexibility index (Phi) is 9.48. The molecular formula is C32H47NOSi2. The van der Waals surface area contributed by atoms with E-state index in [1.165, 1.54) is 48.9 Å². The number of nitrogens with zero attached hydrogens (tertiary/aromatic N) is 1. The fourth-order valence-corrected chi connectivity index (χ4v) is 7.96. The quantitative estimate of drug-likeness (QED) is 0.253. The van der Waals surface area contributed by atoms with Crippen molar-refractivity contribution in [3.63, 3.8) is 0 Å². The van der Waals surface area contributed by atoms with Gasteiger partial charge in [-0.2, -0.15) is 0 Å². The molecule has 1 heterocycles. The monoisotopic (exact) mass is 517 g/mol. The summed E-state index contributed by atoms with van der Waals surface area (Å²) in [6.45, 7) is 14.9. The van der Waals surface area contributed by atoms with Crippen molar-refractivity contribution in [2.45, 2.75) is 89.6 Å². The molecule has 2 fully saturated rings. The third kappa shape index (κ3) is 7.31. The van der Waals surface area contributed by atoms with Crippen LogP contribution in [0.3, 0.4) is 0 Å². The van der Waals surface area contributed by atoms with Crippen LogP contribution in [0.25, 0.3) is 0 Å². The highest BCUT2D eigenvalue weighted by molar-refractivity contribution is 6.74. The van der Waals surface area contributed by atoms with Crippen molar-refractivity contribution >= 4 is 23.0 Å². The Morgan fingerprint density at radius 1 is 0.944 bits per heavy atom. The summed E-state index contributed by atoms with van der Waals surface area (Å²) < 4.78 is 6.94. The number of hydrogen-bond donors (Lipinski definition) is 0. The van der Waals surface area contributed by atoms with Crippen LogP contribution in [0, 0.1) is 11.8 Å². The molecule has 4 rings (SSSR count). The summed E-state index contributed by atoms with van der Waals surface area (Å²) in [5.74, 6) is 1.36. The van der Waals surface area contributed by atoms with Gasteiger partial charge in [0.1, 0.15) is 0 Å². The molecule has 2 aromatic rings. The first kappa shape index (κ1) is 27.6. The zero-order chi connectivity index (χ0) is 25.6. The molecule has 2 aliphatic rings. The molecule has 0 aromatic heterocycles. The van der Waals surface area contributed by atoms with E-state index in [9.17, 15) is 0 Å². The lowest BCUT2D eigenvalue weighted by Gasteiger charge is -2.39. The molecule has 1 saturated heterocycles. The smallest absolute Gasteiger partial charge is 0.192 e. The molecule has 0 unspecified atom stereocenters. The van der Waals surface area contributed by atoms with Gasteiger partial charge in [-0.25, -0.2) is 0 Å². The maximum atomic E-state index is 6.94. The van der Waals surface area contributed by atoms with Gasteiger partial charge in [-0.05, 0) is 54.4 Å². The Bertz CT molecular complexity index is 961. The summed E-state index contributed by atoms with van der Waals surface area (Å²) in [6, 6.07) is 23.9. The van der Waals surface area contributed by atoms with Crippen LogP contribution in [0.2, 0.25) is 24.2 Å². The van der Waals surface area contributed by atoms with Gasteiger partial charge in [-0.1, -0.05) is 118 Å². The molecule has 2 nitrogen and oxygen atoms in total. The summed E-state index contributed by atoms with van der Waals surface area (Å²) >= 11 is 0. The summed E-state index contributed by atoms with van der Waals surface area (Å²) in [5, 5.41) is 1.72. The fourth-order valence-electron chi connectivity index (χ4n) is 5.52. The fraction of sp³-hybridized carbons (Fsp3) is 0.562. The highest BCUT2D eigenvalue weighted by Crippen LogP contribution is 2.40. The van der Waals surface area contributed by atoms with Gasteiger partial charge in [-0.3, -0.25) is 4.90 Å². The first-order valence-corrected chi connectivity index (χ1v) is 18.3. The normalized spacial score (nSPS) is 23.4. The SMILES string of the molecule is CC(C)(C)[Si](C)(C)OC[C@H]1[C@H](C[Si]c2ccccc2)/C(=C/C2CCCCC2)CN1Cc1ccccc1. The average Bonchev–Trinajstić information content (AvgIpc) is 3.18. The molecule has 194 valence electrons. The van der Waals surface area contributed by atoms with Crippen LogP contribution in [-0.4, -0.2) is 41.9 Å². The molecule has 36 heavy (non-hydrogen) atoms. The van der Waals surface area contributed by atoms with Crippen LogP contribution in [0.15, 0.2) is 72.3 Å². The van der Waals surface area contributed by atoms with Crippen LogP contribution in [-0.2, 0) is 11.0 Å². The topological polar surface area (TPSA) is 12.5 Å². The van der Waals surface area contributed by atoms with Gasteiger partial charge in [0.25, 0.3) is 0 Å². The van der Waals surface area contributed by atoms with E-state index in [0.29, 0.717) is 12.0 Å². The van der Waals surface area contributed by atoms with E-state index in [1.54, 1.807) is 5.57 Å². The van der Waals surface area contributed by atoms with Crippen LogP contribution >= 0.6 is 0 Å². The molecule has 1 saturated carbocycles. The number of likely N-dealkylation sites (tertiary alicyclic amines) is 1. The first-order valence-electron chi connectivity index (χ1n) is 14.1. The number of allylic oxidation sites excluding steroid dienone is 1. The van der Waals surface area contributed by atoms with E-state index in [4.69, 9.17) is 4.43 Å². The van der Waals surface area contributed by atoms with Crippen molar-refractivity contribution in [3.05, 3.63) is 77.9 Å². The Morgan fingerprint density at radius 2 is 1.58 bits per heavy atom. The maximum Gasteiger partial charge on any atom is 0.192 e. The van der Waals surface area contributed by atoms with Gasteiger partial charge in [0.05, 0.1) is 16.1 Å². The second kappa shape index (κ2) is 12.4. The molecule has 4 heteroatoms. The minimum Gasteiger partial charge on any atom is -0.415 e. The van der Waals surface area contributed by atoms with Gasteiger partial charge < -0.3 is 4.43 Å². The van der Waals surface area contributed by atoms with Crippen LogP contribution < -0.4 is 5.19 Å². The van der Waals surface area contributed by atoms with Gasteiger partial charge >= 0.3 is 0 Å². The summed E-state index contributed by atoms with van der Waals surface area (Å²) in [7, 11) is -0.970. The van der Waals surface area contributed by atoms with E-state index in [2.05, 4.69) is 106 Å². The van der Waals surface area contributed by atoms with Crippen molar-refractivity contribution < 1.29 is 4.43 Å². The zero-order valence-corrected chi connectivity index (χ0v) is 25.3. The number of benzene rings is 2. The highest BCUT2D eigenvalue weighted by Gasteiger charge is 2.42. The molecule has 1 aliphatic carbocycles. The lowest BCUT2D eigenvalue weighted by atomic mass is 9.86. The molecule has 2 aromatic carbocycles. The van der Waals surface area contributed by atoms with E-state index < -0.39 is 8.32 Å². The number of hydrogen-bond acceptors (Lipinski definition) is 2. The minimum absolute atomic E-state index is 0.234. The van der Waals surface area contributed by atoms with Gasteiger partial charge in [0.15, 0.2) is 8.32 Å². The molecule has 0 bridgehead atoms. The second-order valence-corrected chi connectivity index (χ2v) is 18.7.